The van der Waals surface area contributed by atoms with Crippen LogP contribution < -0.4 is 0 Å². The van der Waals surface area contributed by atoms with Crippen molar-refractivity contribution >= 4 is 11.8 Å². The van der Waals surface area contributed by atoms with Gasteiger partial charge in [-0.05, 0) is 31.0 Å². The average Bonchev–Trinajstić information content (AvgIpc) is 2.30. The van der Waals surface area contributed by atoms with Gasteiger partial charge in [0.1, 0.15) is 5.82 Å². The second-order valence-corrected chi connectivity index (χ2v) is 4.08. The van der Waals surface area contributed by atoms with Gasteiger partial charge in [-0.3, -0.25) is 9.59 Å². The first kappa shape index (κ1) is 11.8. The van der Waals surface area contributed by atoms with E-state index in [9.17, 15) is 14.0 Å². The Balaban J connectivity index is 2.25. The highest BCUT2D eigenvalue weighted by Crippen LogP contribution is 2.27. The van der Waals surface area contributed by atoms with Crippen LogP contribution in [0.1, 0.15) is 29.3 Å². The van der Waals surface area contributed by atoms with Gasteiger partial charge in [-0.2, -0.15) is 0 Å². The van der Waals surface area contributed by atoms with Crippen molar-refractivity contribution < 1.29 is 18.7 Å². The van der Waals surface area contributed by atoms with E-state index in [1.54, 1.807) is 13.0 Å². The van der Waals surface area contributed by atoms with Crippen molar-refractivity contribution in [3.8, 4) is 0 Å². The molecule has 0 N–H and O–H groups in total. The molecule has 0 bridgehead atoms. The van der Waals surface area contributed by atoms with Gasteiger partial charge in [0.25, 0.3) is 0 Å². The minimum atomic E-state index is -0.430. The maximum Gasteiger partial charge on any atom is 0.309 e. The number of hydrogen-bond donors (Lipinski definition) is 0. The summed E-state index contributed by atoms with van der Waals surface area (Å²) in [5.41, 5.74) is 1.12. The van der Waals surface area contributed by atoms with Gasteiger partial charge in [0.15, 0.2) is 5.78 Å². The lowest BCUT2D eigenvalue weighted by Gasteiger charge is -2.21. The van der Waals surface area contributed by atoms with Crippen LogP contribution in [-0.4, -0.2) is 18.4 Å². The van der Waals surface area contributed by atoms with Crippen LogP contribution in [0.4, 0.5) is 4.39 Å². The number of ether oxygens (including phenoxy) is 1. The Kier molecular flexibility index (Phi) is 3.22. The normalized spacial score (nSPS) is 18.7. The lowest BCUT2D eigenvalue weighted by Crippen LogP contribution is -2.28. The fourth-order valence-electron chi connectivity index (χ4n) is 2.08. The summed E-state index contributed by atoms with van der Waals surface area (Å²) in [6.45, 7) is 2.03. The van der Waals surface area contributed by atoms with Gasteiger partial charge in [-0.1, -0.05) is 6.07 Å². The molecule has 90 valence electrons. The molecule has 1 aliphatic rings. The second-order valence-electron chi connectivity index (χ2n) is 4.08. The van der Waals surface area contributed by atoms with E-state index in [0.29, 0.717) is 18.6 Å². The lowest BCUT2D eigenvalue weighted by molar-refractivity contribution is -0.148. The molecule has 1 aromatic rings. The Morgan fingerprint density at radius 1 is 1.47 bits per heavy atom. The second kappa shape index (κ2) is 4.65. The van der Waals surface area contributed by atoms with Crippen molar-refractivity contribution in [3.63, 3.8) is 0 Å². The Bertz CT molecular complexity index is 468. The van der Waals surface area contributed by atoms with Crippen molar-refractivity contribution in [2.24, 2.45) is 5.92 Å². The molecule has 0 aliphatic heterocycles. The summed E-state index contributed by atoms with van der Waals surface area (Å²) in [7, 11) is 0. The zero-order valence-corrected chi connectivity index (χ0v) is 9.53. The molecule has 0 spiro atoms. The summed E-state index contributed by atoms with van der Waals surface area (Å²) in [5.74, 6) is -1.40. The van der Waals surface area contributed by atoms with Gasteiger partial charge in [0.2, 0.25) is 0 Å². The van der Waals surface area contributed by atoms with Gasteiger partial charge in [0, 0.05) is 12.0 Å². The van der Waals surface area contributed by atoms with Crippen molar-refractivity contribution in [2.75, 3.05) is 6.61 Å². The molecule has 0 saturated carbocycles. The first-order chi connectivity index (χ1) is 8.11. The summed E-state index contributed by atoms with van der Waals surface area (Å²) >= 11 is 0. The number of ketones is 1. The molecule has 3 nitrogen and oxygen atoms in total. The van der Waals surface area contributed by atoms with E-state index in [2.05, 4.69) is 0 Å². The molecule has 1 atom stereocenters. The van der Waals surface area contributed by atoms with Gasteiger partial charge < -0.3 is 4.74 Å². The largest absolute Gasteiger partial charge is 0.466 e. The number of Topliss-reactive ketones (excluding diaryl/α,β-unsaturated/α-hetero) is 1. The number of fused-ring (bicyclic) bond motifs is 1. The summed E-state index contributed by atoms with van der Waals surface area (Å²) < 4.78 is 17.9. The molecule has 0 aromatic heterocycles. The predicted octanol–water partition coefficient (Wildman–Crippen LogP) is 2.13. The highest BCUT2D eigenvalue weighted by atomic mass is 19.1. The minimum absolute atomic E-state index is 0.106. The zero-order chi connectivity index (χ0) is 12.4. The van der Waals surface area contributed by atoms with Crippen molar-refractivity contribution in [1.29, 1.82) is 0 Å². The number of esters is 1. The van der Waals surface area contributed by atoms with Crippen LogP contribution in [0.3, 0.4) is 0 Å². The Morgan fingerprint density at radius 3 is 2.94 bits per heavy atom. The van der Waals surface area contributed by atoms with E-state index < -0.39 is 11.7 Å². The summed E-state index contributed by atoms with van der Waals surface area (Å²) in [6, 6.07) is 4.10. The number of hydrogen-bond acceptors (Lipinski definition) is 3. The molecule has 0 radical (unpaired) electrons. The molecule has 1 aromatic carbocycles. The summed E-state index contributed by atoms with van der Waals surface area (Å²) in [4.78, 5) is 23.4. The summed E-state index contributed by atoms with van der Waals surface area (Å²) in [5, 5.41) is 0. The quantitative estimate of drug-likeness (QED) is 0.739. The number of halogens is 1. The lowest BCUT2D eigenvalue weighted by atomic mass is 9.83. The molecule has 0 fully saturated rings. The van der Waals surface area contributed by atoms with Crippen LogP contribution >= 0.6 is 0 Å². The molecule has 0 amide bonds. The standard InChI is InChI=1S/C13H13FO3/c1-2-17-13(16)9-5-8-3-4-10(14)7-11(8)12(15)6-9/h3-4,7,9H,2,5-6H2,1H3. The molecule has 0 heterocycles. The highest BCUT2D eigenvalue weighted by molar-refractivity contribution is 6.01. The predicted molar refractivity (Wildman–Crippen MR) is 59.2 cm³/mol. The monoisotopic (exact) mass is 236 g/mol. The Hall–Kier alpha value is -1.71. The Labute approximate surface area is 98.6 Å². The van der Waals surface area contributed by atoms with E-state index >= 15 is 0 Å². The maximum absolute atomic E-state index is 13.0. The van der Waals surface area contributed by atoms with Gasteiger partial charge in [-0.25, -0.2) is 4.39 Å². The van der Waals surface area contributed by atoms with E-state index in [1.165, 1.54) is 12.1 Å². The van der Waals surface area contributed by atoms with Gasteiger partial charge >= 0.3 is 5.97 Å². The number of carbonyl (C=O) groups excluding carboxylic acids is 2. The molecule has 4 heteroatoms. The van der Waals surface area contributed by atoms with E-state index in [4.69, 9.17) is 4.74 Å². The van der Waals surface area contributed by atoms with Crippen LogP contribution in [0, 0.1) is 11.7 Å². The van der Waals surface area contributed by atoms with Gasteiger partial charge in [-0.15, -0.1) is 0 Å². The molecule has 0 saturated heterocycles. The van der Waals surface area contributed by atoms with Crippen molar-refractivity contribution in [2.45, 2.75) is 19.8 Å². The van der Waals surface area contributed by atoms with Crippen molar-refractivity contribution in [3.05, 3.63) is 35.1 Å². The molecular weight excluding hydrogens is 223 g/mol. The fourth-order valence-corrected chi connectivity index (χ4v) is 2.08. The first-order valence-corrected chi connectivity index (χ1v) is 5.60. The first-order valence-electron chi connectivity index (χ1n) is 5.60. The summed E-state index contributed by atoms with van der Waals surface area (Å²) in [6.07, 6.45) is 0.551. The van der Waals surface area contributed by atoms with Crippen LogP contribution in [0.2, 0.25) is 0 Å². The third-order valence-electron chi connectivity index (χ3n) is 2.89. The third kappa shape index (κ3) is 2.35. The van der Waals surface area contributed by atoms with Crippen LogP contribution in [0.5, 0.6) is 0 Å². The highest BCUT2D eigenvalue weighted by Gasteiger charge is 2.30. The molecular formula is C13H13FO3. The van der Waals surface area contributed by atoms with Crippen molar-refractivity contribution in [1.82, 2.24) is 0 Å². The Morgan fingerprint density at radius 2 is 2.24 bits per heavy atom. The van der Waals surface area contributed by atoms with Gasteiger partial charge in [0.05, 0.1) is 12.5 Å². The van der Waals surface area contributed by atoms with Crippen LogP contribution in [-0.2, 0) is 16.0 Å². The topological polar surface area (TPSA) is 43.4 Å². The van der Waals surface area contributed by atoms with Crippen LogP contribution in [0.15, 0.2) is 18.2 Å². The van der Waals surface area contributed by atoms with E-state index in [0.717, 1.165) is 5.56 Å². The zero-order valence-electron chi connectivity index (χ0n) is 9.53. The molecule has 17 heavy (non-hydrogen) atoms. The van der Waals surface area contributed by atoms with E-state index in [1.807, 2.05) is 0 Å². The minimum Gasteiger partial charge on any atom is -0.466 e. The molecule has 1 unspecified atom stereocenters. The number of benzene rings is 1. The van der Waals surface area contributed by atoms with Crippen LogP contribution in [0.25, 0.3) is 0 Å². The maximum atomic E-state index is 13.0. The fraction of sp³-hybridized carbons (Fsp3) is 0.385. The number of carbonyl (C=O) groups is 2. The molecule has 2 rings (SSSR count). The smallest absolute Gasteiger partial charge is 0.309 e. The van der Waals surface area contributed by atoms with E-state index in [-0.39, 0.29) is 18.2 Å². The molecule has 1 aliphatic carbocycles. The average molecular weight is 236 g/mol. The number of rotatable bonds is 2. The SMILES string of the molecule is CCOC(=O)C1CC(=O)c2cc(F)ccc2C1. The third-order valence-corrected chi connectivity index (χ3v) is 2.89.